The first kappa shape index (κ1) is 14.3. The molecule has 0 saturated heterocycles. The lowest BCUT2D eigenvalue weighted by atomic mass is 10.2. The molecule has 100 valence electrons. The molecule has 17 heavy (non-hydrogen) atoms. The lowest BCUT2D eigenvalue weighted by Crippen LogP contribution is -2.39. The van der Waals surface area contributed by atoms with Crippen molar-refractivity contribution in [3.05, 3.63) is 0 Å². The summed E-state index contributed by atoms with van der Waals surface area (Å²) in [6.45, 7) is 9.18. The molecule has 1 aliphatic rings. The van der Waals surface area contributed by atoms with Gasteiger partial charge in [0, 0.05) is 32.8 Å². The minimum Gasteiger partial charge on any atom is -0.381 e. The quantitative estimate of drug-likeness (QED) is 0.404. The Kier molecular flexibility index (Phi) is 6.34. The summed E-state index contributed by atoms with van der Waals surface area (Å²) < 4.78 is 5.52. The van der Waals surface area contributed by atoms with Gasteiger partial charge >= 0.3 is 0 Å². The van der Waals surface area contributed by atoms with Gasteiger partial charge in [-0.3, -0.25) is 4.99 Å². The van der Waals surface area contributed by atoms with Crippen molar-refractivity contribution in [3.63, 3.8) is 0 Å². The average Bonchev–Trinajstić information content (AvgIpc) is 2.97. The second kappa shape index (κ2) is 7.54. The molecule has 0 heterocycles. The molecule has 2 atom stereocenters. The highest BCUT2D eigenvalue weighted by atomic mass is 16.5. The molecule has 0 spiro atoms. The van der Waals surface area contributed by atoms with Crippen molar-refractivity contribution in [2.75, 3.05) is 26.8 Å². The summed E-state index contributed by atoms with van der Waals surface area (Å²) in [5.74, 6) is 2.33. The van der Waals surface area contributed by atoms with E-state index in [1.165, 1.54) is 6.42 Å². The van der Waals surface area contributed by atoms with Crippen LogP contribution in [0.25, 0.3) is 0 Å². The Morgan fingerprint density at radius 1 is 1.47 bits per heavy atom. The Balaban J connectivity index is 1.96. The van der Waals surface area contributed by atoms with Crippen LogP contribution in [0.2, 0.25) is 0 Å². The number of hydrogen-bond acceptors (Lipinski definition) is 2. The molecule has 0 radical (unpaired) electrons. The number of rotatable bonds is 7. The number of aliphatic imine (C=N–C) groups is 1. The van der Waals surface area contributed by atoms with Crippen molar-refractivity contribution < 1.29 is 4.74 Å². The van der Waals surface area contributed by atoms with Crippen LogP contribution in [-0.4, -0.2) is 38.8 Å². The van der Waals surface area contributed by atoms with Gasteiger partial charge in [0.15, 0.2) is 5.96 Å². The van der Waals surface area contributed by atoms with E-state index in [1.54, 1.807) is 0 Å². The van der Waals surface area contributed by atoms with E-state index < -0.39 is 0 Å². The van der Waals surface area contributed by atoms with Gasteiger partial charge in [-0.2, -0.15) is 0 Å². The van der Waals surface area contributed by atoms with Crippen molar-refractivity contribution in [1.29, 1.82) is 0 Å². The minimum atomic E-state index is 0.619. The van der Waals surface area contributed by atoms with Crippen molar-refractivity contribution in [1.82, 2.24) is 10.6 Å². The summed E-state index contributed by atoms with van der Waals surface area (Å²) in [5.41, 5.74) is 0. The monoisotopic (exact) mass is 241 g/mol. The van der Waals surface area contributed by atoms with Crippen LogP contribution in [0, 0.1) is 11.8 Å². The first-order valence-corrected chi connectivity index (χ1v) is 6.68. The van der Waals surface area contributed by atoms with Gasteiger partial charge in [0.25, 0.3) is 0 Å². The maximum Gasteiger partial charge on any atom is 0.191 e. The fraction of sp³-hybridized carbons (Fsp3) is 0.923. The summed E-state index contributed by atoms with van der Waals surface area (Å²) >= 11 is 0. The standard InChI is InChI=1S/C13H27N3O/c1-10(2)9-17-7-5-6-15-13(14-4)16-12-8-11(12)3/h10-12H,5-9H2,1-4H3,(H2,14,15,16). The van der Waals surface area contributed by atoms with E-state index in [9.17, 15) is 0 Å². The molecule has 0 aromatic heterocycles. The van der Waals surface area contributed by atoms with Crippen molar-refractivity contribution in [2.45, 2.75) is 39.7 Å². The molecule has 2 unspecified atom stereocenters. The SMILES string of the molecule is CN=C(NCCCOCC(C)C)NC1CC1C. The Bertz CT molecular complexity index is 241. The second-order valence-electron chi connectivity index (χ2n) is 5.29. The molecule has 1 rings (SSSR count). The average molecular weight is 241 g/mol. The highest BCUT2D eigenvalue weighted by molar-refractivity contribution is 5.80. The zero-order valence-corrected chi connectivity index (χ0v) is 11.6. The van der Waals surface area contributed by atoms with Gasteiger partial charge in [0.05, 0.1) is 0 Å². The van der Waals surface area contributed by atoms with Crippen LogP contribution in [0.3, 0.4) is 0 Å². The molecule has 0 aromatic rings. The van der Waals surface area contributed by atoms with Gasteiger partial charge in [0.2, 0.25) is 0 Å². The molecule has 2 N–H and O–H groups in total. The molecule has 0 aliphatic heterocycles. The highest BCUT2D eigenvalue weighted by Gasteiger charge is 2.32. The molecule has 4 heteroatoms. The van der Waals surface area contributed by atoms with E-state index >= 15 is 0 Å². The maximum atomic E-state index is 5.52. The second-order valence-corrected chi connectivity index (χ2v) is 5.29. The van der Waals surface area contributed by atoms with Gasteiger partial charge in [0.1, 0.15) is 0 Å². The van der Waals surface area contributed by atoms with Crippen molar-refractivity contribution in [3.8, 4) is 0 Å². The van der Waals surface area contributed by atoms with E-state index in [0.29, 0.717) is 12.0 Å². The lowest BCUT2D eigenvalue weighted by molar-refractivity contribution is 0.108. The van der Waals surface area contributed by atoms with Crippen LogP contribution in [-0.2, 0) is 4.74 Å². The number of hydrogen-bond donors (Lipinski definition) is 2. The van der Waals surface area contributed by atoms with E-state index in [1.807, 2.05) is 7.05 Å². The molecule has 0 amide bonds. The molecule has 0 bridgehead atoms. The Morgan fingerprint density at radius 3 is 2.71 bits per heavy atom. The third-order valence-corrected chi connectivity index (χ3v) is 2.86. The lowest BCUT2D eigenvalue weighted by Gasteiger charge is -2.11. The van der Waals surface area contributed by atoms with Crippen molar-refractivity contribution in [2.24, 2.45) is 16.8 Å². The van der Waals surface area contributed by atoms with Crippen molar-refractivity contribution >= 4 is 5.96 Å². The van der Waals surface area contributed by atoms with Gasteiger partial charge < -0.3 is 15.4 Å². The Hall–Kier alpha value is -0.770. The normalized spacial score (nSPS) is 23.9. The van der Waals surface area contributed by atoms with E-state index in [4.69, 9.17) is 4.74 Å². The zero-order valence-electron chi connectivity index (χ0n) is 11.6. The van der Waals surface area contributed by atoms with Gasteiger partial charge in [-0.05, 0) is 24.7 Å². The smallest absolute Gasteiger partial charge is 0.191 e. The van der Waals surface area contributed by atoms with Crippen LogP contribution in [0.15, 0.2) is 4.99 Å². The predicted octanol–water partition coefficient (Wildman–Crippen LogP) is 1.62. The predicted molar refractivity (Wildman–Crippen MR) is 72.3 cm³/mol. The molecular formula is C13H27N3O. The first-order chi connectivity index (χ1) is 8.13. The zero-order chi connectivity index (χ0) is 12.7. The van der Waals surface area contributed by atoms with Crippen LogP contribution in [0.4, 0.5) is 0 Å². The third-order valence-electron chi connectivity index (χ3n) is 2.86. The van der Waals surface area contributed by atoms with Crippen LogP contribution >= 0.6 is 0 Å². The summed E-state index contributed by atoms with van der Waals surface area (Å²) in [6.07, 6.45) is 2.28. The number of nitrogens with zero attached hydrogens (tertiary/aromatic N) is 1. The number of nitrogens with one attached hydrogen (secondary N) is 2. The molecule has 1 aliphatic carbocycles. The first-order valence-electron chi connectivity index (χ1n) is 6.68. The molecular weight excluding hydrogens is 214 g/mol. The van der Waals surface area contributed by atoms with Gasteiger partial charge in [-0.15, -0.1) is 0 Å². The van der Waals surface area contributed by atoms with E-state index in [2.05, 4.69) is 36.4 Å². The summed E-state index contributed by atoms with van der Waals surface area (Å²) in [5, 5.41) is 6.71. The van der Waals surface area contributed by atoms with E-state index in [0.717, 1.165) is 38.1 Å². The van der Waals surface area contributed by atoms with Crippen LogP contribution in [0.5, 0.6) is 0 Å². The summed E-state index contributed by atoms with van der Waals surface area (Å²) in [4.78, 5) is 4.20. The maximum absolute atomic E-state index is 5.52. The molecule has 1 fully saturated rings. The van der Waals surface area contributed by atoms with Gasteiger partial charge in [-0.25, -0.2) is 0 Å². The fourth-order valence-corrected chi connectivity index (χ4v) is 1.59. The van der Waals surface area contributed by atoms with Crippen LogP contribution < -0.4 is 10.6 Å². The molecule has 1 saturated carbocycles. The highest BCUT2D eigenvalue weighted by Crippen LogP contribution is 2.28. The van der Waals surface area contributed by atoms with E-state index in [-0.39, 0.29) is 0 Å². The number of guanidine groups is 1. The van der Waals surface area contributed by atoms with Gasteiger partial charge in [-0.1, -0.05) is 20.8 Å². The van der Waals surface area contributed by atoms with Crippen LogP contribution in [0.1, 0.15) is 33.6 Å². The minimum absolute atomic E-state index is 0.619. The molecule has 0 aromatic carbocycles. The Labute approximate surface area is 105 Å². The topological polar surface area (TPSA) is 45.7 Å². The largest absolute Gasteiger partial charge is 0.381 e. The fourth-order valence-electron chi connectivity index (χ4n) is 1.59. The summed E-state index contributed by atoms with van der Waals surface area (Å²) in [6, 6.07) is 0.624. The summed E-state index contributed by atoms with van der Waals surface area (Å²) in [7, 11) is 1.82. The Morgan fingerprint density at radius 2 is 2.18 bits per heavy atom. The molecule has 4 nitrogen and oxygen atoms in total. The third kappa shape index (κ3) is 6.51. The number of ether oxygens (including phenoxy) is 1.